The average molecular weight is 308 g/mol. The average Bonchev–Trinajstić information content (AvgIpc) is 2.96. The number of nitrogens with zero attached hydrogens (tertiary/aromatic N) is 3. The molecule has 1 fully saturated rings. The van der Waals surface area contributed by atoms with Crippen LogP contribution in [0.1, 0.15) is 36.7 Å². The van der Waals surface area contributed by atoms with Crippen LogP contribution in [0.4, 0.5) is 0 Å². The number of hydrogen-bond acceptors (Lipinski definition) is 4. The number of phenols is 1. The molecule has 23 heavy (non-hydrogen) atoms. The maximum atomic E-state index is 9.47. The molecule has 0 saturated carbocycles. The lowest BCUT2D eigenvalue weighted by Gasteiger charge is -2.23. The molecular weight excluding hydrogens is 288 g/mol. The number of hydrogen-bond donors (Lipinski definition) is 2. The van der Waals surface area contributed by atoms with Crippen LogP contribution in [0, 0.1) is 0 Å². The third-order valence-corrected chi connectivity index (χ3v) is 4.43. The van der Waals surface area contributed by atoms with Crippen molar-refractivity contribution < 1.29 is 5.11 Å². The Morgan fingerprint density at radius 3 is 2.83 bits per heavy atom. The zero-order valence-corrected chi connectivity index (χ0v) is 12.9. The largest absolute Gasteiger partial charge is 0.508 e. The summed E-state index contributed by atoms with van der Waals surface area (Å²) < 4.78 is 2.20. The van der Waals surface area contributed by atoms with Crippen molar-refractivity contribution in [2.24, 2.45) is 0 Å². The second-order valence-corrected chi connectivity index (χ2v) is 6.07. The van der Waals surface area contributed by atoms with Gasteiger partial charge in [-0.1, -0.05) is 18.6 Å². The van der Waals surface area contributed by atoms with Gasteiger partial charge in [0.05, 0.1) is 12.6 Å². The highest BCUT2D eigenvalue weighted by atomic mass is 16.3. The number of rotatable bonds is 3. The summed E-state index contributed by atoms with van der Waals surface area (Å²) in [5, 5.41) is 13.1. The molecule has 1 saturated heterocycles. The summed E-state index contributed by atoms with van der Waals surface area (Å²) >= 11 is 0. The summed E-state index contributed by atoms with van der Waals surface area (Å²) in [5.74, 6) is 1.35. The topological polar surface area (TPSA) is 63.0 Å². The van der Waals surface area contributed by atoms with Crippen LogP contribution < -0.4 is 5.32 Å². The van der Waals surface area contributed by atoms with Crippen LogP contribution in [0.2, 0.25) is 0 Å². The Kier molecular flexibility index (Phi) is 3.71. The van der Waals surface area contributed by atoms with Crippen molar-refractivity contribution in [1.82, 2.24) is 19.9 Å². The summed E-state index contributed by atoms with van der Waals surface area (Å²) in [6.45, 7) is 1.75. The van der Waals surface area contributed by atoms with Crippen molar-refractivity contribution in [3.63, 3.8) is 0 Å². The fourth-order valence-electron chi connectivity index (χ4n) is 3.25. The first-order valence-corrected chi connectivity index (χ1v) is 8.14. The molecule has 0 spiro atoms. The molecule has 5 heteroatoms. The van der Waals surface area contributed by atoms with Gasteiger partial charge in [-0.2, -0.15) is 0 Å². The van der Waals surface area contributed by atoms with Crippen molar-refractivity contribution in [2.45, 2.75) is 31.8 Å². The number of piperidine rings is 1. The zero-order valence-electron chi connectivity index (χ0n) is 12.9. The number of aromatic nitrogens is 3. The van der Waals surface area contributed by atoms with Crippen molar-refractivity contribution >= 4 is 11.2 Å². The standard InChI is InChI=1S/C18H20N4O/c23-14-8-6-13(7-9-14)12-22-17-16(5-3-11-20-17)21-18(22)15-4-1-2-10-19-15/h3,5-9,11,15,19,23H,1-2,4,10,12H2. The van der Waals surface area contributed by atoms with E-state index < -0.39 is 0 Å². The molecule has 1 aromatic carbocycles. The molecule has 4 rings (SSSR count). The molecule has 5 nitrogen and oxygen atoms in total. The van der Waals surface area contributed by atoms with E-state index in [1.165, 1.54) is 12.8 Å². The summed E-state index contributed by atoms with van der Waals surface area (Å²) in [4.78, 5) is 9.37. The smallest absolute Gasteiger partial charge is 0.160 e. The van der Waals surface area contributed by atoms with Gasteiger partial charge in [0.15, 0.2) is 5.65 Å². The Bertz CT molecular complexity index is 804. The van der Waals surface area contributed by atoms with Crippen LogP contribution in [0.5, 0.6) is 5.75 Å². The maximum absolute atomic E-state index is 9.47. The molecule has 2 N–H and O–H groups in total. The van der Waals surface area contributed by atoms with Crippen LogP contribution in [-0.2, 0) is 6.54 Å². The first-order valence-electron chi connectivity index (χ1n) is 8.14. The van der Waals surface area contributed by atoms with Gasteiger partial charge < -0.3 is 15.0 Å². The van der Waals surface area contributed by atoms with E-state index in [1.54, 1.807) is 12.1 Å². The van der Waals surface area contributed by atoms with E-state index >= 15 is 0 Å². The van der Waals surface area contributed by atoms with E-state index in [-0.39, 0.29) is 11.8 Å². The molecule has 1 unspecified atom stereocenters. The molecule has 1 aliphatic heterocycles. The second kappa shape index (κ2) is 6.01. The van der Waals surface area contributed by atoms with E-state index in [2.05, 4.69) is 14.9 Å². The minimum absolute atomic E-state index is 0.287. The highest BCUT2D eigenvalue weighted by Gasteiger charge is 2.22. The molecule has 2 aromatic heterocycles. The molecule has 0 aliphatic carbocycles. The number of nitrogens with one attached hydrogen (secondary N) is 1. The van der Waals surface area contributed by atoms with Crippen molar-refractivity contribution in [1.29, 1.82) is 0 Å². The monoisotopic (exact) mass is 308 g/mol. The number of aromatic hydroxyl groups is 1. The fourth-order valence-corrected chi connectivity index (χ4v) is 3.25. The predicted octanol–water partition coefficient (Wildman–Crippen LogP) is 3.00. The summed E-state index contributed by atoms with van der Waals surface area (Å²) in [6, 6.07) is 11.6. The highest BCUT2D eigenvalue weighted by Crippen LogP contribution is 2.26. The zero-order chi connectivity index (χ0) is 15.6. The molecule has 1 aliphatic rings. The lowest BCUT2D eigenvalue weighted by Crippen LogP contribution is -2.29. The van der Waals surface area contributed by atoms with Crippen LogP contribution in [-0.4, -0.2) is 26.2 Å². The Balaban J connectivity index is 1.77. The first kappa shape index (κ1) is 14.2. The summed E-state index contributed by atoms with van der Waals surface area (Å²) in [6.07, 6.45) is 5.38. The van der Waals surface area contributed by atoms with Gasteiger partial charge in [-0.05, 0) is 49.2 Å². The molecule has 118 valence electrons. The molecule has 0 bridgehead atoms. The number of pyridine rings is 1. The van der Waals surface area contributed by atoms with Gasteiger partial charge in [-0.25, -0.2) is 9.97 Å². The molecule has 0 radical (unpaired) electrons. The number of phenolic OH excluding ortho intramolecular Hbond substituents is 1. The van der Waals surface area contributed by atoms with E-state index in [0.717, 1.165) is 35.5 Å². The molecule has 1 atom stereocenters. The fraction of sp³-hybridized carbons (Fsp3) is 0.333. The maximum Gasteiger partial charge on any atom is 0.160 e. The van der Waals surface area contributed by atoms with Gasteiger partial charge in [-0.15, -0.1) is 0 Å². The lowest BCUT2D eigenvalue weighted by atomic mass is 10.0. The number of benzene rings is 1. The third kappa shape index (κ3) is 2.80. The van der Waals surface area contributed by atoms with Gasteiger partial charge in [-0.3, -0.25) is 0 Å². The summed E-state index contributed by atoms with van der Waals surface area (Å²) in [7, 11) is 0. The van der Waals surface area contributed by atoms with Crippen molar-refractivity contribution in [2.75, 3.05) is 6.54 Å². The van der Waals surface area contributed by atoms with Crippen LogP contribution in [0.25, 0.3) is 11.2 Å². The lowest BCUT2D eigenvalue weighted by molar-refractivity contribution is 0.389. The second-order valence-electron chi connectivity index (χ2n) is 6.07. The minimum atomic E-state index is 0.287. The Hall–Kier alpha value is -2.40. The predicted molar refractivity (Wildman–Crippen MR) is 89.3 cm³/mol. The molecular formula is C18H20N4O. The van der Waals surface area contributed by atoms with Crippen molar-refractivity contribution in [3.05, 3.63) is 54.0 Å². The van der Waals surface area contributed by atoms with Gasteiger partial charge >= 0.3 is 0 Å². The number of fused-ring (bicyclic) bond motifs is 1. The first-order chi connectivity index (χ1) is 11.3. The molecule has 3 heterocycles. The SMILES string of the molecule is Oc1ccc(Cn2c(C3CCCCN3)nc3cccnc32)cc1. The quantitative estimate of drug-likeness (QED) is 0.781. The highest BCUT2D eigenvalue weighted by molar-refractivity contribution is 5.71. The Morgan fingerprint density at radius 1 is 1.17 bits per heavy atom. The van der Waals surface area contributed by atoms with Crippen molar-refractivity contribution in [3.8, 4) is 5.75 Å². The van der Waals surface area contributed by atoms with E-state index in [9.17, 15) is 5.11 Å². The van der Waals surface area contributed by atoms with Crippen LogP contribution in [0.3, 0.4) is 0 Å². The normalized spacial score (nSPS) is 18.3. The number of imidazole rings is 1. The van der Waals surface area contributed by atoms with Gasteiger partial charge in [0.2, 0.25) is 0 Å². The van der Waals surface area contributed by atoms with E-state index in [4.69, 9.17) is 4.98 Å². The molecule has 0 amide bonds. The van der Waals surface area contributed by atoms with Gasteiger partial charge in [0, 0.05) is 6.20 Å². The molecule has 3 aromatic rings. The van der Waals surface area contributed by atoms with Crippen LogP contribution in [0.15, 0.2) is 42.6 Å². The van der Waals surface area contributed by atoms with E-state index in [0.29, 0.717) is 6.54 Å². The van der Waals surface area contributed by atoms with Crippen LogP contribution >= 0.6 is 0 Å². The van der Waals surface area contributed by atoms with Gasteiger partial charge in [0.1, 0.15) is 17.1 Å². The summed E-state index contributed by atoms with van der Waals surface area (Å²) in [5.41, 5.74) is 2.99. The van der Waals surface area contributed by atoms with Gasteiger partial charge in [0.25, 0.3) is 0 Å². The Morgan fingerprint density at radius 2 is 2.04 bits per heavy atom. The van der Waals surface area contributed by atoms with E-state index in [1.807, 2.05) is 30.5 Å². The third-order valence-electron chi connectivity index (χ3n) is 4.43. The minimum Gasteiger partial charge on any atom is -0.508 e. The Labute approximate surface area is 135 Å².